The summed E-state index contributed by atoms with van der Waals surface area (Å²) in [6.45, 7) is 0.742. The minimum atomic E-state index is -0.140. The lowest BCUT2D eigenvalue weighted by Crippen LogP contribution is -2.29. The molecule has 0 amide bonds. The Labute approximate surface area is 106 Å². The normalized spacial score (nSPS) is 15.2. The molecule has 94 valence electrons. The van der Waals surface area contributed by atoms with Gasteiger partial charge in [0.2, 0.25) is 0 Å². The molecule has 5 heteroatoms. The Morgan fingerprint density at radius 1 is 1.44 bits per heavy atom. The van der Waals surface area contributed by atoms with Gasteiger partial charge in [-0.05, 0) is 11.6 Å². The second-order valence-electron chi connectivity index (χ2n) is 4.45. The molecule has 0 aliphatic carbocycles. The first-order valence-electron chi connectivity index (χ1n) is 6.00. The molecule has 0 spiro atoms. The van der Waals surface area contributed by atoms with Crippen molar-refractivity contribution in [2.75, 3.05) is 6.61 Å². The summed E-state index contributed by atoms with van der Waals surface area (Å²) in [6.07, 6.45) is 2.87. The van der Waals surface area contributed by atoms with Crippen LogP contribution >= 0.6 is 0 Å². The van der Waals surface area contributed by atoms with Crippen LogP contribution in [0, 0.1) is 0 Å². The molecule has 2 heterocycles. The van der Waals surface area contributed by atoms with Crippen molar-refractivity contribution in [3.05, 3.63) is 47.3 Å². The lowest BCUT2D eigenvalue weighted by atomic mass is 10.00. The molecule has 2 aromatic rings. The second-order valence-corrected chi connectivity index (χ2v) is 4.45. The van der Waals surface area contributed by atoms with Gasteiger partial charge < -0.3 is 4.74 Å². The van der Waals surface area contributed by atoms with E-state index in [1.165, 1.54) is 5.56 Å². The predicted molar refractivity (Wildman–Crippen MR) is 68.0 cm³/mol. The highest BCUT2D eigenvalue weighted by molar-refractivity contribution is 5.47. The van der Waals surface area contributed by atoms with E-state index in [-0.39, 0.29) is 6.04 Å². The first kappa shape index (κ1) is 11.3. The van der Waals surface area contributed by atoms with Crippen molar-refractivity contribution < 1.29 is 4.74 Å². The van der Waals surface area contributed by atoms with E-state index >= 15 is 0 Å². The fraction of sp³-hybridized carbons (Fsp3) is 0.308. The van der Waals surface area contributed by atoms with E-state index in [9.17, 15) is 0 Å². The highest BCUT2D eigenvalue weighted by Gasteiger charge is 2.23. The molecule has 1 aliphatic heterocycles. The van der Waals surface area contributed by atoms with Crippen LogP contribution in [0.25, 0.3) is 0 Å². The van der Waals surface area contributed by atoms with Gasteiger partial charge in [-0.1, -0.05) is 18.2 Å². The third-order valence-electron chi connectivity index (χ3n) is 3.25. The molecule has 3 N–H and O–H groups in total. The van der Waals surface area contributed by atoms with Crippen molar-refractivity contribution in [2.45, 2.75) is 12.5 Å². The van der Waals surface area contributed by atoms with Gasteiger partial charge in [0.25, 0.3) is 0 Å². The fourth-order valence-corrected chi connectivity index (χ4v) is 2.39. The van der Waals surface area contributed by atoms with Crippen molar-refractivity contribution in [3.8, 4) is 5.75 Å². The van der Waals surface area contributed by atoms with E-state index in [1.807, 2.05) is 31.4 Å². The van der Waals surface area contributed by atoms with Crippen LogP contribution in [0.2, 0.25) is 0 Å². The number of aromatic nitrogens is 2. The van der Waals surface area contributed by atoms with Gasteiger partial charge in [0.05, 0.1) is 18.3 Å². The molecule has 18 heavy (non-hydrogen) atoms. The van der Waals surface area contributed by atoms with Gasteiger partial charge in [-0.25, -0.2) is 5.43 Å². The number of ether oxygens (including phenoxy) is 1. The molecular weight excluding hydrogens is 228 g/mol. The number of nitrogens with two attached hydrogens (primary N) is 1. The Hall–Kier alpha value is -1.85. The largest absolute Gasteiger partial charge is 0.493 e. The number of para-hydroxylation sites is 1. The van der Waals surface area contributed by atoms with Gasteiger partial charge in [-0.15, -0.1) is 0 Å². The van der Waals surface area contributed by atoms with E-state index in [4.69, 9.17) is 10.6 Å². The van der Waals surface area contributed by atoms with Crippen LogP contribution < -0.4 is 16.0 Å². The summed E-state index contributed by atoms with van der Waals surface area (Å²) in [5.41, 5.74) is 6.00. The molecule has 1 aromatic carbocycles. The number of benzene rings is 1. The minimum absolute atomic E-state index is 0.140. The lowest BCUT2D eigenvalue weighted by molar-refractivity contribution is 0.350. The number of nitrogens with zero attached hydrogens (tertiary/aromatic N) is 2. The third-order valence-corrected chi connectivity index (χ3v) is 3.25. The summed E-state index contributed by atoms with van der Waals surface area (Å²) >= 11 is 0. The van der Waals surface area contributed by atoms with Crippen molar-refractivity contribution in [1.82, 2.24) is 15.2 Å². The zero-order valence-corrected chi connectivity index (χ0v) is 10.3. The number of hydrogen-bond acceptors (Lipinski definition) is 4. The van der Waals surface area contributed by atoms with Crippen LogP contribution in [0.5, 0.6) is 5.75 Å². The third kappa shape index (κ3) is 1.77. The fourth-order valence-electron chi connectivity index (χ4n) is 2.39. The molecule has 1 atom stereocenters. The van der Waals surface area contributed by atoms with Gasteiger partial charge >= 0.3 is 0 Å². The lowest BCUT2D eigenvalue weighted by Gasteiger charge is -2.17. The van der Waals surface area contributed by atoms with Crippen LogP contribution in [0.4, 0.5) is 0 Å². The van der Waals surface area contributed by atoms with Gasteiger partial charge in [0, 0.05) is 25.2 Å². The standard InChI is InChI=1S/C13H16N4O/c1-17-7-5-11(16-17)12(15-14)10-4-2-3-9-6-8-18-13(9)10/h2-5,7,12,15H,6,8,14H2,1H3. The Morgan fingerprint density at radius 3 is 3.06 bits per heavy atom. The molecule has 1 aromatic heterocycles. The maximum Gasteiger partial charge on any atom is 0.127 e. The monoisotopic (exact) mass is 244 g/mol. The van der Waals surface area contributed by atoms with Crippen LogP contribution in [-0.4, -0.2) is 16.4 Å². The van der Waals surface area contributed by atoms with Crippen LogP contribution in [0.15, 0.2) is 30.5 Å². The molecule has 0 saturated carbocycles. The first-order valence-corrected chi connectivity index (χ1v) is 6.00. The molecule has 1 unspecified atom stereocenters. The summed E-state index contributed by atoms with van der Waals surface area (Å²) in [6, 6.07) is 7.98. The minimum Gasteiger partial charge on any atom is -0.493 e. The molecule has 1 aliphatic rings. The number of hydrogen-bond donors (Lipinski definition) is 2. The molecule has 3 rings (SSSR count). The van der Waals surface area contributed by atoms with Gasteiger partial charge in [0.1, 0.15) is 5.75 Å². The number of nitrogens with one attached hydrogen (secondary N) is 1. The van der Waals surface area contributed by atoms with Crippen molar-refractivity contribution in [1.29, 1.82) is 0 Å². The van der Waals surface area contributed by atoms with E-state index in [0.29, 0.717) is 0 Å². The molecule has 5 nitrogen and oxygen atoms in total. The molecule has 0 bridgehead atoms. The summed E-state index contributed by atoms with van der Waals surface area (Å²) in [5.74, 6) is 6.64. The maximum absolute atomic E-state index is 5.71. The smallest absolute Gasteiger partial charge is 0.127 e. The van der Waals surface area contributed by atoms with E-state index in [2.05, 4.69) is 16.6 Å². The van der Waals surface area contributed by atoms with Crippen LogP contribution in [-0.2, 0) is 13.5 Å². The number of rotatable bonds is 3. The van der Waals surface area contributed by atoms with Gasteiger partial charge in [-0.3, -0.25) is 10.5 Å². The maximum atomic E-state index is 5.71. The number of aryl methyl sites for hydroxylation is 1. The molecule has 0 saturated heterocycles. The predicted octanol–water partition coefficient (Wildman–Crippen LogP) is 0.908. The summed E-state index contributed by atoms with van der Waals surface area (Å²) < 4.78 is 7.48. The van der Waals surface area contributed by atoms with Crippen LogP contribution in [0.3, 0.4) is 0 Å². The highest BCUT2D eigenvalue weighted by atomic mass is 16.5. The quantitative estimate of drug-likeness (QED) is 0.622. The molecule has 0 radical (unpaired) electrons. The second kappa shape index (κ2) is 4.44. The Balaban J connectivity index is 2.05. The summed E-state index contributed by atoms with van der Waals surface area (Å²) in [7, 11) is 1.89. The highest BCUT2D eigenvalue weighted by Crippen LogP contribution is 2.35. The first-order chi connectivity index (χ1) is 8.79. The van der Waals surface area contributed by atoms with Crippen LogP contribution in [0.1, 0.15) is 22.9 Å². The number of fused-ring (bicyclic) bond motifs is 1. The Morgan fingerprint density at radius 2 is 2.33 bits per heavy atom. The summed E-state index contributed by atoms with van der Waals surface area (Å²) in [5, 5.41) is 4.40. The van der Waals surface area contributed by atoms with E-state index in [0.717, 1.165) is 30.0 Å². The van der Waals surface area contributed by atoms with E-state index in [1.54, 1.807) is 4.68 Å². The average molecular weight is 244 g/mol. The van der Waals surface area contributed by atoms with Crippen molar-refractivity contribution in [3.63, 3.8) is 0 Å². The average Bonchev–Trinajstić information content (AvgIpc) is 2.99. The van der Waals surface area contributed by atoms with E-state index < -0.39 is 0 Å². The zero-order valence-electron chi connectivity index (χ0n) is 10.3. The molecular formula is C13H16N4O. The SMILES string of the molecule is Cn1ccc(C(NN)c2cccc3c2OCC3)n1. The zero-order chi connectivity index (χ0) is 12.5. The van der Waals surface area contributed by atoms with Gasteiger partial charge in [0.15, 0.2) is 0 Å². The van der Waals surface area contributed by atoms with Gasteiger partial charge in [-0.2, -0.15) is 5.10 Å². The Bertz CT molecular complexity index is 564. The van der Waals surface area contributed by atoms with Crippen molar-refractivity contribution >= 4 is 0 Å². The number of hydrazine groups is 1. The van der Waals surface area contributed by atoms with Crippen molar-refractivity contribution in [2.24, 2.45) is 12.9 Å². The molecule has 0 fully saturated rings. The topological polar surface area (TPSA) is 65.1 Å². The summed E-state index contributed by atoms with van der Waals surface area (Å²) in [4.78, 5) is 0. The Kier molecular flexibility index (Phi) is 2.77.